The molecule has 0 bridgehead atoms. The maximum atomic E-state index is 9.85. The largest absolute Gasteiger partial charge is 0.394 e. The van der Waals surface area contributed by atoms with Crippen LogP contribution in [0.25, 0.3) is 0 Å². The molecule has 7 heteroatoms. The first kappa shape index (κ1) is 12.2. The van der Waals surface area contributed by atoms with Crippen LogP contribution in [0.15, 0.2) is 18.6 Å². The molecule has 1 aromatic rings. The molecule has 1 aliphatic rings. The SMILES string of the molecule is OC[C@H]1OC[C@@H](Nc2ccncn2)[C@@H](O)[C@H]1O. The zero-order chi connectivity index (χ0) is 12.3. The Kier molecular flexibility index (Phi) is 3.85. The summed E-state index contributed by atoms with van der Waals surface area (Å²) in [4.78, 5) is 7.72. The summed E-state index contributed by atoms with van der Waals surface area (Å²) in [5, 5.41) is 31.4. The van der Waals surface area contributed by atoms with Gasteiger partial charge in [-0.1, -0.05) is 0 Å². The van der Waals surface area contributed by atoms with Gasteiger partial charge in [-0.05, 0) is 6.07 Å². The van der Waals surface area contributed by atoms with E-state index in [2.05, 4.69) is 15.3 Å². The van der Waals surface area contributed by atoms with Gasteiger partial charge in [0.15, 0.2) is 0 Å². The van der Waals surface area contributed by atoms with Gasteiger partial charge in [-0.25, -0.2) is 9.97 Å². The number of ether oxygens (including phenoxy) is 1. The van der Waals surface area contributed by atoms with Crippen LogP contribution in [-0.2, 0) is 4.74 Å². The lowest BCUT2D eigenvalue weighted by molar-refractivity contribution is -0.152. The second kappa shape index (κ2) is 5.37. The fourth-order valence-corrected chi connectivity index (χ4v) is 1.74. The van der Waals surface area contributed by atoms with Gasteiger partial charge in [-0.2, -0.15) is 0 Å². The minimum atomic E-state index is -1.12. The van der Waals surface area contributed by atoms with E-state index in [1.54, 1.807) is 12.3 Å². The van der Waals surface area contributed by atoms with Gasteiger partial charge in [0.2, 0.25) is 0 Å². The van der Waals surface area contributed by atoms with Crippen LogP contribution in [0.5, 0.6) is 0 Å². The highest BCUT2D eigenvalue weighted by molar-refractivity contribution is 5.33. The quantitative estimate of drug-likeness (QED) is 0.503. The molecular formula is C10H15N3O4. The highest BCUT2D eigenvalue weighted by atomic mass is 16.5. The van der Waals surface area contributed by atoms with Gasteiger partial charge in [-0.3, -0.25) is 0 Å². The number of hydrogen-bond donors (Lipinski definition) is 4. The molecule has 0 amide bonds. The van der Waals surface area contributed by atoms with Gasteiger partial charge in [0.05, 0.1) is 19.3 Å². The average molecular weight is 241 g/mol. The molecule has 0 radical (unpaired) electrons. The second-order valence-corrected chi connectivity index (χ2v) is 3.88. The van der Waals surface area contributed by atoms with Crippen molar-refractivity contribution in [1.29, 1.82) is 0 Å². The molecule has 0 saturated carbocycles. The van der Waals surface area contributed by atoms with Gasteiger partial charge in [-0.15, -0.1) is 0 Å². The number of aliphatic hydroxyl groups is 3. The predicted molar refractivity (Wildman–Crippen MR) is 58.3 cm³/mol. The Hall–Kier alpha value is -1.28. The van der Waals surface area contributed by atoms with E-state index in [0.29, 0.717) is 5.82 Å². The van der Waals surface area contributed by atoms with Crippen molar-refractivity contribution in [3.05, 3.63) is 18.6 Å². The van der Waals surface area contributed by atoms with E-state index in [9.17, 15) is 10.2 Å². The molecule has 4 atom stereocenters. The molecule has 0 aromatic carbocycles. The number of aromatic nitrogens is 2. The molecule has 2 rings (SSSR count). The predicted octanol–water partition coefficient (Wildman–Crippen LogP) is -1.63. The third-order valence-electron chi connectivity index (χ3n) is 2.73. The van der Waals surface area contributed by atoms with E-state index in [4.69, 9.17) is 9.84 Å². The molecule has 1 fully saturated rings. The smallest absolute Gasteiger partial charge is 0.129 e. The van der Waals surface area contributed by atoms with Crippen LogP contribution in [0.4, 0.5) is 5.82 Å². The molecular weight excluding hydrogens is 226 g/mol. The average Bonchev–Trinajstić information content (AvgIpc) is 2.37. The van der Waals surface area contributed by atoms with E-state index in [-0.39, 0.29) is 13.2 Å². The van der Waals surface area contributed by atoms with Crippen LogP contribution in [0.3, 0.4) is 0 Å². The van der Waals surface area contributed by atoms with Gasteiger partial charge in [0.1, 0.15) is 30.5 Å². The van der Waals surface area contributed by atoms with Crippen molar-refractivity contribution in [1.82, 2.24) is 9.97 Å². The number of nitrogens with zero attached hydrogens (tertiary/aromatic N) is 2. The number of aliphatic hydroxyl groups excluding tert-OH is 3. The van der Waals surface area contributed by atoms with Crippen molar-refractivity contribution in [3.63, 3.8) is 0 Å². The first-order valence-electron chi connectivity index (χ1n) is 5.33. The Morgan fingerprint density at radius 1 is 1.41 bits per heavy atom. The van der Waals surface area contributed by atoms with Crippen molar-refractivity contribution in [2.24, 2.45) is 0 Å². The van der Waals surface area contributed by atoms with Crippen LogP contribution in [-0.4, -0.2) is 62.9 Å². The normalized spacial score (nSPS) is 33.4. The van der Waals surface area contributed by atoms with E-state index >= 15 is 0 Å². The summed E-state index contributed by atoms with van der Waals surface area (Å²) in [5.41, 5.74) is 0. The van der Waals surface area contributed by atoms with Gasteiger partial charge < -0.3 is 25.4 Å². The fraction of sp³-hybridized carbons (Fsp3) is 0.600. The Morgan fingerprint density at radius 3 is 2.88 bits per heavy atom. The van der Waals surface area contributed by atoms with Crippen molar-refractivity contribution in [2.45, 2.75) is 24.4 Å². The number of hydrogen-bond acceptors (Lipinski definition) is 7. The number of nitrogens with one attached hydrogen (secondary N) is 1. The molecule has 1 saturated heterocycles. The molecule has 0 unspecified atom stereocenters. The first-order chi connectivity index (χ1) is 8.22. The lowest BCUT2D eigenvalue weighted by Crippen LogP contribution is -2.56. The van der Waals surface area contributed by atoms with E-state index in [1.165, 1.54) is 6.33 Å². The summed E-state index contributed by atoms with van der Waals surface area (Å²) < 4.78 is 5.23. The maximum Gasteiger partial charge on any atom is 0.129 e. The molecule has 1 aliphatic heterocycles. The van der Waals surface area contributed by atoms with Crippen molar-refractivity contribution in [2.75, 3.05) is 18.5 Å². The Morgan fingerprint density at radius 2 is 2.24 bits per heavy atom. The van der Waals surface area contributed by atoms with Crippen LogP contribution < -0.4 is 5.32 Å². The van der Waals surface area contributed by atoms with E-state index in [1.807, 2.05) is 0 Å². The van der Waals surface area contributed by atoms with E-state index in [0.717, 1.165) is 0 Å². The van der Waals surface area contributed by atoms with Gasteiger partial charge in [0, 0.05) is 6.20 Å². The highest BCUT2D eigenvalue weighted by Crippen LogP contribution is 2.17. The molecule has 0 aliphatic carbocycles. The summed E-state index contributed by atoms with van der Waals surface area (Å²) in [6.07, 6.45) is 0.0707. The molecule has 4 N–H and O–H groups in total. The Bertz CT molecular complexity index is 351. The van der Waals surface area contributed by atoms with Crippen molar-refractivity contribution < 1.29 is 20.1 Å². The van der Waals surface area contributed by atoms with Gasteiger partial charge in [0.25, 0.3) is 0 Å². The third kappa shape index (κ3) is 2.70. The van der Waals surface area contributed by atoms with Crippen LogP contribution in [0.2, 0.25) is 0 Å². The van der Waals surface area contributed by atoms with E-state index < -0.39 is 24.4 Å². The highest BCUT2D eigenvalue weighted by Gasteiger charge is 2.38. The minimum Gasteiger partial charge on any atom is -0.394 e. The second-order valence-electron chi connectivity index (χ2n) is 3.88. The first-order valence-corrected chi connectivity index (χ1v) is 5.33. The van der Waals surface area contributed by atoms with Crippen LogP contribution >= 0.6 is 0 Å². The fourth-order valence-electron chi connectivity index (χ4n) is 1.74. The topological polar surface area (TPSA) is 108 Å². The van der Waals surface area contributed by atoms with Crippen LogP contribution in [0.1, 0.15) is 0 Å². The molecule has 94 valence electrons. The Labute approximate surface area is 98.1 Å². The summed E-state index contributed by atoms with van der Waals surface area (Å²) in [7, 11) is 0. The van der Waals surface area contributed by atoms with Crippen molar-refractivity contribution >= 4 is 5.82 Å². The zero-order valence-corrected chi connectivity index (χ0v) is 9.10. The summed E-state index contributed by atoms with van der Waals surface area (Å²) in [5.74, 6) is 0.544. The van der Waals surface area contributed by atoms with Crippen molar-refractivity contribution in [3.8, 4) is 0 Å². The number of anilines is 1. The molecule has 0 spiro atoms. The standard InChI is InChI=1S/C10H15N3O4/c14-3-7-10(16)9(15)6(4-17-7)13-8-1-2-11-5-12-8/h1-2,5-7,9-10,14-16H,3-4H2,(H,11,12,13)/t6-,7-,9-,10+/m1/s1. The summed E-state index contributed by atoms with van der Waals surface area (Å²) >= 11 is 0. The van der Waals surface area contributed by atoms with Gasteiger partial charge >= 0.3 is 0 Å². The summed E-state index contributed by atoms with van der Waals surface area (Å²) in [6, 6.07) is 1.18. The molecule has 7 nitrogen and oxygen atoms in total. The molecule has 2 heterocycles. The zero-order valence-electron chi connectivity index (χ0n) is 9.10. The minimum absolute atomic E-state index is 0.188. The lowest BCUT2D eigenvalue weighted by Gasteiger charge is -2.37. The number of rotatable bonds is 3. The van der Waals surface area contributed by atoms with Crippen LogP contribution in [0, 0.1) is 0 Å². The monoisotopic (exact) mass is 241 g/mol. The lowest BCUT2D eigenvalue weighted by atomic mass is 9.98. The molecule has 17 heavy (non-hydrogen) atoms. The summed E-state index contributed by atoms with van der Waals surface area (Å²) in [6.45, 7) is -0.133. The maximum absolute atomic E-state index is 9.85. The molecule has 1 aromatic heterocycles. The third-order valence-corrected chi connectivity index (χ3v) is 2.73. The Balaban J connectivity index is 1.99.